The van der Waals surface area contributed by atoms with E-state index in [9.17, 15) is 18.0 Å². The Balaban J connectivity index is 1.43. The molecule has 0 atom stereocenters. The Morgan fingerprint density at radius 3 is 2.50 bits per heavy atom. The van der Waals surface area contributed by atoms with Gasteiger partial charge in [-0.2, -0.15) is 0 Å². The Labute approximate surface area is 178 Å². The van der Waals surface area contributed by atoms with Crippen LogP contribution in [0.15, 0.2) is 58.2 Å². The van der Waals surface area contributed by atoms with Crippen molar-refractivity contribution in [1.29, 1.82) is 0 Å². The van der Waals surface area contributed by atoms with Gasteiger partial charge in [0, 0.05) is 11.6 Å². The number of carbonyl (C=O) groups is 1. The van der Waals surface area contributed by atoms with Crippen LogP contribution in [0.4, 0.5) is 0 Å². The van der Waals surface area contributed by atoms with Gasteiger partial charge in [0.1, 0.15) is 0 Å². The summed E-state index contributed by atoms with van der Waals surface area (Å²) in [5.41, 5.74) is 1.28. The molecule has 1 aromatic heterocycles. The van der Waals surface area contributed by atoms with Gasteiger partial charge in [-0.3, -0.25) is 9.36 Å². The molecule has 0 radical (unpaired) electrons. The highest BCUT2D eigenvalue weighted by Gasteiger charge is 2.57. The number of imidazole rings is 1. The molecule has 0 bridgehead atoms. The number of carbonyl (C=O) groups excluding carboxylic acids is 1. The van der Waals surface area contributed by atoms with Gasteiger partial charge in [-0.1, -0.05) is 23.7 Å². The van der Waals surface area contributed by atoms with Gasteiger partial charge in [0.25, 0.3) is 0 Å². The molecular formula is C21H21ClN2O5S. The van der Waals surface area contributed by atoms with E-state index in [-0.39, 0.29) is 30.0 Å². The number of aromatic nitrogens is 2. The van der Waals surface area contributed by atoms with Crippen LogP contribution in [-0.2, 0) is 25.9 Å². The van der Waals surface area contributed by atoms with Crippen LogP contribution in [-0.4, -0.2) is 35.3 Å². The molecule has 4 rings (SSSR count). The van der Waals surface area contributed by atoms with E-state index in [0.717, 1.165) is 11.0 Å². The molecule has 0 amide bonds. The van der Waals surface area contributed by atoms with Crippen molar-refractivity contribution in [1.82, 2.24) is 9.55 Å². The molecule has 0 aliphatic heterocycles. The number of rotatable bonds is 7. The van der Waals surface area contributed by atoms with E-state index in [0.29, 0.717) is 24.4 Å². The number of halogens is 1. The van der Waals surface area contributed by atoms with E-state index in [4.69, 9.17) is 16.3 Å². The average molecular weight is 449 g/mol. The van der Waals surface area contributed by atoms with Gasteiger partial charge in [0.2, 0.25) is 0 Å². The molecule has 0 saturated heterocycles. The number of aryl methyl sites for hydroxylation is 1. The highest BCUT2D eigenvalue weighted by atomic mass is 35.5. The van der Waals surface area contributed by atoms with E-state index in [1.165, 1.54) is 24.3 Å². The highest BCUT2D eigenvalue weighted by Crippen LogP contribution is 2.44. The smallest absolute Gasteiger partial charge is 0.327 e. The highest BCUT2D eigenvalue weighted by molar-refractivity contribution is 7.93. The zero-order valence-corrected chi connectivity index (χ0v) is 17.7. The van der Waals surface area contributed by atoms with Crippen molar-refractivity contribution >= 4 is 38.4 Å². The van der Waals surface area contributed by atoms with Crippen LogP contribution in [0.3, 0.4) is 0 Å². The first kappa shape index (κ1) is 20.7. The Morgan fingerprint density at radius 1 is 1.13 bits per heavy atom. The minimum Gasteiger partial charge on any atom is -0.464 e. The van der Waals surface area contributed by atoms with Gasteiger partial charge in [-0.05, 0) is 62.1 Å². The fraction of sp³-hybridized carbons (Fsp3) is 0.333. The summed E-state index contributed by atoms with van der Waals surface area (Å²) in [4.78, 5) is 27.7. The van der Waals surface area contributed by atoms with Gasteiger partial charge < -0.3 is 9.72 Å². The summed E-state index contributed by atoms with van der Waals surface area (Å²) in [6.07, 6.45) is 1.51. The molecule has 0 unspecified atom stereocenters. The number of nitrogens with one attached hydrogen (secondary N) is 1. The number of ether oxygens (including phenoxy) is 1. The van der Waals surface area contributed by atoms with Crippen LogP contribution in [0.2, 0.25) is 5.02 Å². The van der Waals surface area contributed by atoms with Gasteiger partial charge in [-0.25, -0.2) is 13.2 Å². The molecule has 9 heteroatoms. The van der Waals surface area contributed by atoms with Crippen molar-refractivity contribution in [2.75, 3.05) is 6.61 Å². The van der Waals surface area contributed by atoms with Crippen LogP contribution in [0.25, 0.3) is 11.0 Å². The molecule has 1 heterocycles. The number of H-pyrrole nitrogens is 1. The molecular weight excluding hydrogens is 428 g/mol. The number of hydrogen-bond donors (Lipinski definition) is 1. The summed E-state index contributed by atoms with van der Waals surface area (Å²) < 4.78 is 31.6. The maximum absolute atomic E-state index is 13.1. The van der Waals surface area contributed by atoms with Crippen LogP contribution < -0.4 is 5.69 Å². The Morgan fingerprint density at radius 2 is 1.83 bits per heavy atom. The lowest BCUT2D eigenvalue weighted by Gasteiger charge is -2.38. The predicted molar refractivity (Wildman–Crippen MR) is 113 cm³/mol. The van der Waals surface area contributed by atoms with Crippen molar-refractivity contribution in [3.05, 3.63) is 64.0 Å². The Bertz CT molecular complexity index is 1240. The summed E-state index contributed by atoms with van der Waals surface area (Å²) in [6.45, 7) is 0.385. The van der Waals surface area contributed by atoms with Crippen LogP contribution in [0.1, 0.15) is 25.7 Å². The zero-order valence-electron chi connectivity index (χ0n) is 16.1. The van der Waals surface area contributed by atoms with Crippen LogP contribution in [0, 0.1) is 0 Å². The topological polar surface area (TPSA) is 98.2 Å². The molecule has 158 valence electrons. The molecule has 1 N–H and O–H groups in total. The van der Waals surface area contributed by atoms with Crippen molar-refractivity contribution < 1.29 is 17.9 Å². The van der Waals surface area contributed by atoms with E-state index in [1.54, 1.807) is 4.57 Å². The summed E-state index contributed by atoms with van der Waals surface area (Å²) in [6, 6.07) is 13.1. The second-order valence-corrected chi connectivity index (χ2v) is 10.1. The molecule has 1 fully saturated rings. The third-order valence-corrected chi connectivity index (χ3v) is 8.36. The minimum absolute atomic E-state index is 0.0304. The molecule has 1 aliphatic rings. The van der Waals surface area contributed by atoms with Crippen molar-refractivity contribution in [3.8, 4) is 0 Å². The number of fused-ring (bicyclic) bond motifs is 1. The van der Waals surface area contributed by atoms with Gasteiger partial charge in [0.05, 0.1) is 22.5 Å². The summed E-state index contributed by atoms with van der Waals surface area (Å²) in [5.74, 6) is -0.727. The monoisotopic (exact) mass is 448 g/mol. The number of aromatic amines is 1. The standard InChI is InChI=1S/C21H21ClN2O5S/c22-15-7-9-16(10-8-15)30(27,28)21(11-3-12-21)19(25)29-14-4-13-24-18-6-2-1-5-17(18)23-20(24)26/h1-2,5-10H,3-4,11-14H2,(H,23,26). The number of hydrogen-bond acceptors (Lipinski definition) is 5. The number of para-hydroxylation sites is 2. The maximum atomic E-state index is 13.1. The number of nitrogens with zero attached hydrogens (tertiary/aromatic N) is 1. The fourth-order valence-corrected chi connectivity index (χ4v) is 5.94. The Kier molecular flexibility index (Phi) is 5.46. The second kappa shape index (κ2) is 7.92. The van der Waals surface area contributed by atoms with Gasteiger partial charge >= 0.3 is 11.7 Å². The number of benzene rings is 2. The van der Waals surface area contributed by atoms with E-state index in [2.05, 4.69) is 4.98 Å². The van der Waals surface area contributed by atoms with Crippen molar-refractivity contribution in [2.45, 2.75) is 41.9 Å². The number of esters is 1. The molecule has 1 saturated carbocycles. The summed E-state index contributed by atoms with van der Waals surface area (Å²) in [7, 11) is -3.89. The van der Waals surface area contributed by atoms with Crippen LogP contribution >= 0.6 is 11.6 Å². The van der Waals surface area contributed by atoms with Gasteiger partial charge in [0.15, 0.2) is 14.6 Å². The lowest BCUT2D eigenvalue weighted by molar-refractivity contribution is -0.149. The maximum Gasteiger partial charge on any atom is 0.327 e. The largest absolute Gasteiger partial charge is 0.464 e. The first-order valence-corrected chi connectivity index (χ1v) is 11.6. The first-order valence-electron chi connectivity index (χ1n) is 9.70. The summed E-state index contributed by atoms with van der Waals surface area (Å²) in [5, 5.41) is 0.423. The molecule has 0 spiro atoms. The fourth-order valence-electron chi connectivity index (χ4n) is 3.77. The van der Waals surface area contributed by atoms with E-state index >= 15 is 0 Å². The van der Waals surface area contributed by atoms with Crippen molar-refractivity contribution in [3.63, 3.8) is 0 Å². The second-order valence-electron chi connectivity index (χ2n) is 7.39. The zero-order chi connectivity index (χ0) is 21.4. The predicted octanol–water partition coefficient (Wildman–Crippen LogP) is 3.31. The number of sulfone groups is 1. The van der Waals surface area contributed by atoms with E-state index < -0.39 is 20.6 Å². The normalized spacial score (nSPS) is 15.6. The molecule has 2 aromatic carbocycles. The first-order chi connectivity index (χ1) is 14.3. The third kappa shape index (κ3) is 3.44. The SMILES string of the molecule is O=C(OCCCn1c(=O)[nH]c2ccccc21)C1(S(=O)(=O)c2ccc(Cl)cc2)CCC1. The summed E-state index contributed by atoms with van der Waals surface area (Å²) >= 11 is 5.85. The lowest BCUT2D eigenvalue weighted by atomic mass is 9.84. The molecule has 3 aromatic rings. The Hall–Kier alpha value is -2.58. The molecule has 7 nitrogen and oxygen atoms in total. The minimum atomic E-state index is -3.89. The van der Waals surface area contributed by atoms with Crippen molar-refractivity contribution in [2.24, 2.45) is 0 Å². The van der Waals surface area contributed by atoms with E-state index in [1.807, 2.05) is 24.3 Å². The quantitative estimate of drug-likeness (QED) is 0.441. The van der Waals surface area contributed by atoms with Crippen LogP contribution in [0.5, 0.6) is 0 Å². The molecule has 1 aliphatic carbocycles. The average Bonchev–Trinajstić information content (AvgIpc) is 2.99. The third-order valence-electron chi connectivity index (χ3n) is 5.61. The molecule has 30 heavy (non-hydrogen) atoms. The lowest BCUT2D eigenvalue weighted by Crippen LogP contribution is -2.53. The van der Waals surface area contributed by atoms with Gasteiger partial charge in [-0.15, -0.1) is 0 Å².